The number of H-pyrrole nitrogens is 1. The van der Waals surface area contributed by atoms with Crippen molar-refractivity contribution < 1.29 is 19.1 Å². The molecule has 4 N–H and O–H groups in total. The largest absolute Gasteiger partial charge is 0.483 e. The smallest absolute Gasteiger partial charge is 0.290 e. The molecule has 10 nitrogen and oxygen atoms in total. The van der Waals surface area contributed by atoms with Crippen molar-refractivity contribution in [3.8, 4) is 0 Å². The maximum Gasteiger partial charge on any atom is 0.290 e. The van der Waals surface area contributed by atoms with E-state index in [0.717, 1.165) is 44.1 Å². The average molecular weight is 390 g/mol. The van der Waals surface area contributed by atoms with E-state index in [1.807, 2.05) is 11.0 Å². The van der Waals surface area contributed by atoms with Gasteiger partial charge in [0.2, 0.25) is 5.95 Å². The van der Waals surface area contributed by atoms with Crippen molar-refractivity contribution in [2.75, 3.05) is 31.9 Å². The van der Waals surface area contributed by atoms with E-state index in [9.17, 15) is 4.79 Å². The third-order valence-corrected chi connectivity index (χ3v) is 5.14. The van der Waals surface area contributed by atoms with Crippen LogP contribution in [-0.4, -0.2) is 68.6 Å². The lowest BCUT2D eigenvalue weighted by Crippen LogP contribution is -2.38. The molecule has 2 aromatic heterocycles. The molecule has 152 valence electrons. The number of nitrogens with two attached hydrogens (primary N) is 1. The van der Waals surface area contributed by atoms with E-state index in [-0.39, 0.29) is 24.2 Å². The lowest BCUT2D eigenvalue weighted by atomic mass is 9.96. The van der Waals surface area contributed by atoms with Gasteiger partial charge in [-0.05, 0) is 50.9 Å². The summed E-state index contributed by atoms with van der Waals surface area (Å²) in [6.45, 7) is 4.15. The highest BCUT2D eigenvalue weighted by atomic mass is 16.4. The Labute approximate surface area is 162 Å². The molecule has 4 rings (SSSR count). The van der Waals surface area contributed by atoms with Gasteiger partial charge in [-0.15, -0.1) is 5.10 Å². The molecule has 2 aliphatic heterocycles. The maximum absolute atomic E-state index is 12.7. The fraction of sp³-hybridized carbons (Fsp3) is 0.556. The van der Waals surface area contributed by atoms with E-state index >= 15 is 0 Å². The number of aromatic amines is 1. The number of rotatable bonds is 4. The molecule has 0 bridgehead atoms. The molecule has 1 amide bonds. The van der Waals surface area contributed by atoms with E-state index in [4.69, 9.17) is 20.1 Å². The molecule has 2 saturated heterocycles. The molecule has 0 radical (unpaired) electrons. The van der Waals surface area contributed by atoms with Crippen LogP contribution in [0.15, 0.2) is 16.5 Å². The van der Waals surface area contributed by atoms with Crippen molar-refractivity contribution in [3.05, 3.63) is 29.5 Å². The minimum Gasteiger partial charge on any atom is -0.483 e. The third-order valence-electron chi connectivity index (χ3n) is 5.14. The fourth-order valence-corrected chi connectivity index (χ4v) is 3.72. The van der Waals surface area contributed by atoms with Gasteiger partial charge in [0.25, 0.3) is 12.4 Å². The highest BCUT2D eigenvalue weighted by Crippen LogP contribution is 2.27. The van der Waals surface area contributed by atoms with Crippen molar-refractivity contribution in [2.24, 2.45) is 0 Å². The number of carbonyl (C=O) groups excluding carboxylic acids is 1. The number of furan rings is 1. The van der Waals surface area contributed by atoms with Crippen LogP contribution in [0.2, 0.25) is 0 Å². The molecule has 0 spiro atoms. The van der Waals surface area contributed by atoms with E-state index < -0.39 is 0 Å². The Morgan fingerprint density at radius 2 is 1.96 bits per heavy atom. The maximum atomic E-state index is 12.7. The van der Waals surface area contributed by atoms with Crippen LogP contribution in [-0.2, 0) is 11.3 Å². The average Bonchev–Trinajstić information content (AvgIpc) is 3.45. The van der Waals surface area contributed by atoms with Gasteiger partial charge in [0.15, 0.2) is 5.76 Å². The summed E-state index contributed by atoms with van der Waals surface area (Å²) in [5.41, 5.74) is 5.56. The van der Waals surface area contributed by atoms with Crippen LogP contribution in [0.3, 0.4) is 0 Å². The summed E-state index contributed by atoms with van der Waals surface area (Å²) in [6.07, 6.45) is 4.19. The van der Waals surface area contributed by atoms with Crippen LogP contribution < -0.4 is 5.73 Å². The Balaban J connectivity index is 0.000000706. The van der Waals surface area contributed by atoms with Crippen LogP contribution in [0, 0.1) is 0 Å². The van der Waals surface area contributed by atoms with Gasteiger partial charge in [-0.2, -0.15) is 4.98 Å². The van der Waals surface area contributed by atoms with Crippen LogP contribution >= 0.6 is 0 Å². The number of carboxylic acid groups (broad SMARTS) is 1. The highest BCUT2D eigenvalue weighted by molar-refractivity contribution is 5.91. The number of nitrogens with zero attached hydrogens (tertiary/aromatic N) is 4. The molecule has 28 heavy (non-hydrogen) atoms. The normalized spacial score (nSPS) is 17.9. The summed E-state index contributed by atoms with van der Waals surface area (Å²) in [5, 5.41) is 13.6. The predicted octanol–water partition coefficient (Wildman–Crippen LogP) is 1.30. The third kappa shape index (κ3) is 4.89. The Morgan fingerprint density at radius 3 is 2.57 bits per heavy atom. The monoisotopic (exact) mass is 390 g/mol. The van der Waals surface area contributed by atoms with E-state index in [1.54, 1.807) is 6.07 Å². The summed E-state index contributed by atoms with van der Waals surface area (Å²) in [6, 6.07) is 3.73. The number of piperidine rings is 1. The molecule has 0 saturated carbocycles. The van der Waals surface area contributed by atoms with Gasteiger partial charge in [-0.1, -0.05) is 0 Å². The van der Waals surface area contributed by atoms with Crippen LogP contribution in [0.1, 0.15) is 53.7 Å². The molecule has 0 unspecified atom stereocenters. The first kappa shape index (κ1) is 19.9. The van der Waals surface area contributed by atoms with Gasteiger partial charge in [-0.25, -0.2) is 0 Å². The molecule has 2 aromatic rings. The summed E-state index contributed by atoms with van der Waals surface area (Å²) >= 11 is 0. The summed E-state index contributed by atoms with van der Waals surface area (Å²) in [4.78, 5) is 29.4. The number of hydrogen-bond donors (Lipinski definition) is 3. The minimum atomic E-state index is -0.250. The van der Waals surface area contributed by atoms with Gasteiger partial charge < -0.3 is 20.2 Å². The number of amides is 1. The summed E-state index contributed by atoms with van der Waals surface area (Å²) in [5.74, 6) is 2.65. The standard InChI is InChI=1S/C17H24N6O2.CH2O2/c18-17-19-15(20-21-17)12-5-9-23(10-6-12)16(24)14-4-3-13(25-14)11-22-7-1-2-8-22;2-1-3/h3-4,12H,1-2,5-11H2,(H3,18,19,20,21);1H,(H,2,3). The number of likely N-dealkylation sites (tertiary alicyclic amines) is 2. The number of hydrogen-bond acceptors (Lipinski definition) is 7. The van der Waals surface area contributed by atoms with Crippen LogP contribution in [0.4, 0.5) is 5.95 Å². The molecule has 0 atom stereocenters. The first-order valence-corrected chi connectivity index (χ1v) is 9.46. The van der Waals surface area contributed by atoms with Crippen molar-refractivity contribution in [1.82, 2.24) is 25.0 Å². The van der Waals surface area contributed by atoms with Crippen molar-refractivity contribution in [2.45, 2.75) is 38.1 Å². The van der Waals surface area contributed by atoms with Crippen LogP contribution in [0.25, 0.3) is 0 Å². The number of nitrogen functional groups attached to an aromatic ring is 1. The first-order valence-electron chi connectivity index (χ1n) is 9.46. The molecule has 4 heterocycles. The number of aromatic nitrogens is 3. The molecule has 10 heteroatoms. The fourth-order valence-electron chi connectivity index (χ4n) is 3.72. The molecule has 0 aliphatic carbocycles. The van der Waals surface area contributed by atoms with Crippen molar-refractivity contribution in [3.63, 3.8) is 0 Å². The molecule has 2 aliphatic rings. The number of carbonyl (C=O) groups is 2. The number of nitrogens with one attached hydrogen (secondary N) is 1. The quantitative estimate of drug-likeness (QED) is 0.663. The van der Waals surface area contributed by atoms with Gasteiger partial charge in [0.05, 0.1) is 6.54 Å². The minimum absolute atomic E-state index is 0.0248. The SMILES string of the molecule is Nc1n[nH]c(C2CCN(C(=O)c3ccc(CN4CCCC4)o3)CC2)n1.O=CO. The zero-order valence-electron chi connectivity index (χ0n) is 15.7. The Bertz CT molecular complexity index is 775. The highest BCUT2D eigenvalue weighted by Gasteiger charge is 2.28. The number of anilines is 1. The van der Waals surface area contributed by atoms with E-state index in [0.29, 0.717) is 18.8 Å². The molecular weight excluding hydrogens is 364 g/mol. The van der Waals surface area contributed by atoms with Crippen LogP contribution in [0.5, 0.6) is 0 Å². The Kier molecular flexibility index (Phi) is 6.64. The van der Waals surface area contributed by atoms with Crippen molar-refractivity contribution >= 4 is 18.3 Å². The van der Waals surface area contributed by atoms with Crippen molar-refractivity contribution in [1.29, 1.82) is 0 Å². The summed E-state index contributed by atoms with van der Waals surface area (Å²) in [7, 11) is 0. The molecule has 0 aromatic carbocycles. The first-order chi connectivity index (χ1) is 13.6. The Hall–Kier alpha value is -2.88. The molecular formula is C18H26N6O4. The molecule has 2 fully saturated rings. The second kappa shape index (κ2) is 9.36. The zero-order chi connectivity index (χ0) is 19.9. The van der Waals surface area contributed by atoms with Gasteiger partial charge >= 0.3 is 0 Å². The lowest BCUT2D eigenvalue weighted by Gasteiger charge is -2.30. The second-order valence-corrected chi connectivity index (χ2v) is 7.00. The predicted molar refractivity (Wildman–Crippen MR) is 101 cm³/mol. The zero-order valence-corrected chi connectivity index (χ0v) is 15.7. The van der Waals surface area contributed by atoms with E-state index in [2.05, 4.69) is 20.1 Å². The Morgan fingerprint density at radius 1 is 1.29 bits per heavy atom. The second-order valence-electron chi connectivity index (χ2n) is 7.00. The van der Waals surface area contributed by atoms with E-state index in [1.165, 1.54) is 12.8 Å². The van der Waals surface area contributed by atoms with Gasteiger partial charge in [0, 0.05) is 19.0 Å². The topological polar surface area (TPSA) is 142 Å². The summed E-state index contributed by atoms with van der Waals surface area (Å²) < 4.78 is 5.80. The lowest BCUT2D eigenvalue weighted by molar-refractivity contribution is -0.122. The van der Waals surface area contributed by atoms with Gasteiger partial charge in [0.1, 0.15) is 11.6 Å². The van der Waals surface area contributed by atoms with Gasteiger partial charge in [-0.3, -0.25) is 19.6 Å².